The molecule has 0 bridgehead atoms. The Morgan fingerprint density at radius 3 is 2.68 bits per heavy atom. The molecule has 0 N–H and O–H groups in total. The summed E-state index contributed by atoms with van der Waals surface area (Å²) in [4.78, 5) is 9.77. The molecule has 28 heavy (non-hydrogen) atoms. The van der Waals surface area contributed by atoms with Crippen molar-refractivity contribution in [1.82, 2.24) is 9.55 Å². The van der Waals surface area contributed by atoms with E-state index in [4.69, 9.17) is 56.4 Å². The van der Waals surface area contributed by atoms with Crippen LogP contribution in [0.15, 0.2) is 23.2 Å². The molecule has 0 saturated heterocycles. The number of aryl methyl sites for hydroxylation is 2. The summed E-state index contributed by atoms with van der Waals surface area (Å²) in [6, 6.07) is 5.64. The van der Waals surface area contributed by atoms with E-state index in [9.17, 15) is 0 Å². The van der Waals surface area contributed by atoms with Gasteiger partial charge >= 0.3 is 5.84 Å². The first-order chi connectivity index (χ1) is 13.4. The number of aromatic nitrogens is 2. The van der Waals surface area contributed by atoms with E-state index < -0.39 is 0 Å². The summed E-state index contributed by atoms with van der Waals surface area (Å²) < 4.78 is 4.27. The number of nitrogens with zero attached hydrogens (tertiary/aromatic N) is 4. The number of fused-ring (bicyclic) bond motifs is 6. The number of hydrogen-bond donors (Lipinski definition) is 0. The van der Waals surface area contributed by atoms with Crippen molar-refractivity contribution >= 4 is 80.9 Å². The predicted octanol–water partition coefficient (Wildman–Crippen LogP) is 6.92. The van der Waals surface area contributed by atoms with Crippen molar-refractivity contribution in [3.8, 4) is 0 Å². The van der Waals surface area contributed by atoms with Gasteiger partial charge in [0.25, 0.3) is 0 Å². The van der Waals surface area contributed by atoms with E-state index in [0.29, 0.717) is 20.1 Å². The third kappa shape index (κ3) is 2.48. The molecule has 0 spiro atoms. The van der Waals surface area contributed by atoms with Gasteiger partial charge in [-0.3, -0.25) is 0 Å². The van der Waals surface area contributed by atoms with Crippen molar-refractivity contribution in [2.24, 2.45) is 4.99 Å². The Bertz CT molecular complexity index is 1240. The predicted molar refractivity (Wildman–Crippen MR) is 117 cm³/mol. The minimum Gasteiger partial charge on any atom is -0.327 e. The average Bonchev–Trinajstić information content (AvgIpc) is 3.21. The number of amidine groups is 1. The van der Waals surface area contributed by atoms with Crippen molar-refractivity contribution in [2.75, 3.05) is 0 Å². The Balaban J connectivity index is 1.74. The van der Waals surface area contributed by atoms with Crippen LogP contribution >= 0.6 is 46.4 Å². The standard InChI is InChI=1S/C20H15Cl4N4/c1-9-8-12(22)15(24)18-16(9)25-20-10(2)19-26-17-13(5-4-11(21)14(17)23)27(19)6-3-7-28(18)20/h4-5,7-8,10H,3,6H2,1-2H3/q+1. The minimum absolute atomic E-state index is 0.0690. The zero-order valence-electron chi connectivity index (χ0n) is 15.1. The molecule has 2 aromatic carbocycles. The fraction of sp³-hybridized carbons (Fsp3) is 0.250. The first-order valence-electron chi connectivity index (χ1n) is 8.92. The summed E-state index contributed by atoms with van der Waals surface area (Å²) in [5, 5.41) is 2.04. The van der Waals surface area contributed by atoms with E-state index in [1.165, 1.54) is 0 Å². The number of imidazole rings is 1. The van der Waals surface area contributed by atoms with Gasteiger partial charge in [0.15, 0.2) is 0 Å². The van der Waals surface area contributed by atoms with E-state index >= 15 is 0 Å². The zero-order valence-corrected chi connectivity index (χ0v) is 18.1. The summed E-state index contributed by atoms with van der Waals surface area (Å²) in [5.41, 5.74) is 4.40. The Hall–Kier alpha value is -1.59. The van der Waals surface area contributed by atoms with Gasteiger partial charge in [-0.05, 0) is 37.0 Å². The van der Waals surface area contributed by atoms with Gasteiger partial charge in [0.1, 0.15) is 22.3 Å². The summed E-state index contributed by atoms with van der Waals surface area (Å²) >= 11 is 25.5. The van der Waals surface area contributed by atoms with E-state index in [-0.39, 0.29) is 5.92 Å². The minimum atomic E-state index is -0.0690. The highest BCUT2D eigenvalue weighted by Gasteiger charge is 2.41. The van der Waals surface area contributed by atoms with Crippen molar-refractivity contribution in [1.29, 1.82) is 0 Å². The first-order valence-corrected chi connectivity index (χ1v) is 10.4. The number of halogens is 4. The molecule has 1 atom stereocenters. The Labute approximate surface area is 182 Å². The van der Waals surface area contributed by atoms with Crippen LogP contribution in [0.1, 0.15) is 30.7 Å². The summed E-state index contributed by atoms with van der Waals surface area (Å²) in [7, 11) is 0. The number of rotatable bonds is 0. The van der Waals surface area contributed by atoms with Crippen LogP contribution in [0.5, 0.6) is 0 Å². The second kappa shape index (κ2) is 6.46. The third-order valence-corrected chi connectivity index (χ3v) is 6.92. The second-order valence-corrected chi connectivity index (χ2v) is 8.64. The Kier molecular flexibility index (Phi) is 4.25. The van der Waals surface area contributed by atoms with Gasteiger partial charge in [-0.25, -0.2) is 4.98 Å². The fourth-order valence-corrected chi connectivity index (χ4v) is 4.85. The molecule has 4 nitrogen and oxygen atoms in total. The molecule has 2 aliphatic rings. The molecule has 0 fully saturated rings. The van der Waals surface area contributed by atoms with Gasteiger partial charge in [-0.2, -0.15) is 4.58 Å². The monoisotopic (exact) mass is 451 g/mol. The van der Waals surface area contributed by atoms with Gasteiger partial charge in [0, 0.05) is 18.5 Å². The van der Waals surface area contributed by atoms with Crippen molar-refractivity contribution in [3.63, 3.8) is 0 Å². The average molecular weight is 453 g/mol. The molecule has 3 aromatic rings. The number of benzene rings is 2. The molecule has 0 aliphatic carbocycles. The van der Waals surface area contributed by atoms with Gasteiger partial charge < -0.3 is 4.57 Å². The van der Waals surface area contributed by atoms with Gasteiger partial charge in [-0.15, -0.1) is 0 Å². The smallest absolute Gasteiger partial charge is 0.314 e. The van der Waals surface area contributed by atoms with E-state index in [2.05, 4.69) is 22.3 Å². The summed E-state index contributed by atoms with van der Waals surface area (Å²) in [5.74, 6) is 1.71. The van der Waals surface area contributed by atoms with E-state index in [1.54, 1.807) is 0 Å². The molecule has 8 heteroatoms. The Morgan fingerprint density at radius 1 is 1.11 bits per heavy atom. The number of aliphatic imine (C=N–C) groups is 1. The van der Waals surface area contributed by atoms with Crippen LogP contribution in [0.25, 0.3) is 11.0 Å². The normalized spacial score (nSPS) is 18.1. The van der Waals surface area contributed by atoms with E-state index in [0.717, 1.165) is 52.6 Å². The van der Waals surface area contributed by atoms with Crippen LogP contribution in [-0.4, -0.2) is 26.2 Å². The van der Waals surface area contributed by atoms with Crippen molar-refractivity contribution < 1.29 is 4.58 Å². The maximum Gasteiger partial charge on any atom is 0.314 e. The Morgan fingerprint density at radius 2 is 1.89 bits per heavy atom. The third-order valence-electron chi connectivity index (χ3n) is 5.35. The van der Waals surface area contributed by atoms with Gasteiger partial charge in [0.05, 0.1) is 26.8 Å². The molecule has 3 heterocycles. The molecular formula is C20H15Cl4N4+. The highest BCUT2D eigenvalue weighted by atomic mass is 35.5. The quantitative estimate of drug-likeness (QED) is 0.340. The van der Waals surface area contributed by atoms with Crippen LogP contribution in [0.3, 0.4) is 0 Å². The highest BCUT2D eigenvalue weighted by molar-refractivity contribution is 6.45. The van der Waals surface area contributed by atoms with E-state index in [1.807, 2.05) is 25.1 Å². The maximum atomic E-state index is 6.56. The highest BCUT2D eigenvalue weighted by Crippen LogP contribution is 2.47. The van der Waals surface area contributed by atoms with Crippen LogP contribution in [0, 0.1) is 6.92 Å². The fourth-order valence-electron chi connectivity index (χ4n) is 4.01. The summed E-state index contributed by atoms with van der Waals surface area (Å²) in [6.45, 7) is 4.85. The molecule has 142 valence electrons. The molecule has 0 radical (unpaired) electrons. The van der Waals surface area contributed by atoms with Crippen LogP contribution in [0.2, 0.25) is 20.1 Å². The van der Waals surface area contributed by atoms with Crippen LogP contribution < -0.4 is 0 Å². The summed E-state index contributed by atoms with van der Waals surface area (Å²) in [6.07, 6.45) is 2.90. The lowest BCUT2D eigenvalue weighted by molar-refractivity contribution is -0.301. The lowest BCUT2D eigenvalue weighted by Crippen LogP contribution is -2.26. The molecule has 5 rings (SSSR count). The molecule has 1 aromatic heterocycles. The SMILES string of the molecule is Cc1cc(Cl)c(Cl)c2c1N=C1C(C)c3nc4c(Cl)c(Cl)ccc4n3CCC=[N+]12. The topological polar surface area (TPSA) is 33.2 Å². The number of hydrogen-bond acceptors (Lipinski definition) is 2. The zero-order chi connectivity index (χ0) is 19.7. The molecule has 0 amide bonds. The van der Waals surface area contributed by atoms with Gasteiger partial charge in [0.2, 0.25) is 11.4 Å². The van der Waals surface area contributed by atoms with Gasteiger partial charge in [-0.1, -0.05) is 46.4 Å². The largest absolute Gasteiger partial charge is 0.327 e. The van der Waals surface area contributed by atoms with Crippen LogP contribution in [-0.2, 0) is 6.54 Å². The second-order valence-electron chi connectivity index (χ2n) is 7.07. The molecular weight excluding hydrogens is 438 g/mol. The molecule has 1 unspecified atom stereocenters. The lowest BCUT2D eigenvalue weighted by atomic mass is 10.1. The molecule has 2 aliphatic heterocycles. The first kappa shape index (κ1) is 18.4. The lowest BCUT2D eigenvalue weighted by Gasteiger charge is -2.16. The molecule has 0 saturated carbocycles. The maximum absolute atomic E-state index is 6.56. The van der Waals surface area contributed by atoms with Crippen LogP contribution in [0.4, 0.5) is 11.4 Å². The van der Waals surface area contributed by atoms with Crippen molar-refractivity contribution in [2.45, 2.75) is 32.7 Å². The van der Waals surface area contributed by atoms with Crippen molar-refractivity contribution in [3.05, 3.63) is 49.7 Å².